The lowest BCUT2D eigenvalue weighted by molar-refractivity contribution is 0.0531. The number of carbonyl (C=O) groups excluding carboxylic acids is 2. The Bertz CT molecular complexity index is 1120. The first-order chi connectivity index (χ1) is 16.2. The number of fused-ring (bicyclic) bond motifs is 1. The molecule has 0 saturated carbocycles. The van der Waals surface area contributed by atoms with Crippen molar-refractivity contribution < 1.29 is 14.3 Å². The number of hydrogen-bond donors (Lipinski definition) is 1. The highest BCUT2D eigenvalue weighted by atomic mass is 16.5. The maximum absolute atomic E-state index is 13.0. The van der Waals surface area contributed by atoms with Gasteiger partial charge < -0.3 is 14.5 Å². The highest BCUT2D eigenvalue weighted by Crippen LogP contribution is 2.24. The molecular formula is C26H28N4O3. The van der Waals surface area contributed by atoms with Crippen molar-refractivity contribution in [1.82, 2.24) is 20.0 Å². The van der Waals surface area contributed by atoms with Crippen LogP contribution in [0.4, 0.5) is 0 Å². The predicted octanol–water partition coefficient (Wildman–Crippen LogP) is 3.47. The van der Waals surface area contributed by atoms with E-state index in [1.165, 1.54) is 0 Å². The lowest BCUT2D eigenvalue weighted by Crippen LogP contribution is -2.50. The molecule has 7 heteroatoms. The normalized spacial score (nSPS) is 15.8. The van der Waals surface area contributed by atoms with Gasteiger partial charge in [0.2, 0.25) is 0 Å². The van der Waals surface area contributed by atoms with E-state index in [2.05, 4.69) is 10.2 Å². The summed E-state index contributed by atoms with van der Waals surface area (Å²) in [7, 11) is 0. The predicted molar refractivity (Wildman–Crippen MR) is 124 cm³/mol. The molecule has 2 aromatic carbocycles. The van der Waals surface area contributed by atoms with Crippen molar-refractivity contribution in [2.75, 3.05) is 26.2 Å². The number of nitrogens with one attached hydrogen (secondary N) is 1. The summed E-state index contributed by atoms with van der Waals surface area (Å²) in [5.41, 5.74) is 4.48. The Kier molecular flexibility index (Phi) is 6.11. The zero-order chi connectivity index (χ0) is 22.6. The van der Waals surface area contributed by atoms with Crippen LogP contribution >= 0.6 is 0 Å². The number of hydrogen-bond acceptors (Lipinski definition) is 4. The number of rotatable bonds is 5. The van der Waals surface area contributed by atoms with Gasteiger partial charge >= 0.3 is 0 Å². The molecule has 1 fully saturated rings. The molecule has 3 aromatic rings. The maximum atomic E-state index is 13.0. The van der Waals surface area contributed by atoms with E-state index in [9.17, 15) is 9.59 Å². The fourth-order valence-corrected chi connectivity index (χ4v) is 4.54. The van der Waals surface area contributed by atoms with Crippen molar-refractivity contribution >= 4 is 11.8 Å². The third-order valence-corrected chi connectivity index (χ3v) is 6.46. The number of benzene rings is 2. The van der Waals surface area contributed by atoms with Crippen molar-refractivity contribution in [1.29, 1.82) is 0 Å². The van der Waals surface area contributed by atoms with Gasteiger partial charge in [0.25, 0.3) is 11.8 Å². The third-order valence-electron chi connectivity index (χ3n) is 6.46. The van der Waals surface area contributed by atoms with E-state index in [4.69, 9.17) is 4.74 Å². The molecule has 0 radical (unpaired) electrons. The molecule has 0 unspecified atom stereocenters. The number of aromatic nitrogens is 2. The maximum Gasteiger partial charge on any atom is 0.274 e. The monoisotopic (exact) mass is 444 g/mol. The molecule has 1 N–H and O–H groups in total. The average Bonchev–Trinajstić information content (AvgIpc) is 3.32. The number of carbonyl (C=O) groups is 2. The Morgan fingerprint density at radius 1 is 0.848 bits per heavy atom. The summed E-state index contributed by atoms with van der Waals surface area (Å²) in [6.07, 6.45) is 4.12. The highest BCUT2D eigenvalue weighted by molar-refractivity contribution is 5.96. The van der Waals surface area contributed by atoms with Crippen LogP contribution in [0.15, 0.2) is 54.6 Å². The number of nitrogens with zero attached hydrogens (tertiary/aromatic N) is 3. The minimum Gasteiger partial charge on any atom is -0.489 e. The molecule has 1 aliphatic carbocycles. The van der Waals surface area contributed by atoms with Crippen LogP contribution in [0.3, 0.4) is 0 Å². The number of amides is 2. The van der Waals surface area contributed by atoms with E-state index >= 15 is 0 Å². The standard InChI is InChI=1S/C26H28N4O3/c31-25(20-10-12-21(13-11-20)33-18-19-6-2-1-3-7-19)29-14-16-30(17-15-29)26(32)24-22-8-4-5-9-23(22)27-28-24/h1-3,6-7,10-13H,4-5,8-9,14-18H2,(H,27,28). The molecule has 0 spiro atoms. The smallest absolute Gasteiger partial charge is 0.274 e. The fraction of sp³-hybridized carbons (Fsp3) is 0.346. The van der Waals surface area contributed by atoms with Crippen molar-refractivity contribution in [3.8, 4) is 5.75 Å². The van der Waals surface area contributed by atoms with Crippen LogP contribution in [0, 0.1) is 0 Å². The minimum absolute atomic E-state index is 0.0196. The molecule has 2 aliphatic rings. The van der Waals surface area contributed by atoms with Crippen LogP contribution in [0.5, 0.6) is 5.75 Å². The van der Waals surface area contributed by atoms with Crippen LogP contribution in [0.25, 0.3) is 0 Å². The lowest BCUT2D eigenvalue weighted by Gasteiger charge is -2.34. The van der Waals surface area contributed by atoms with Gasteiger partial charge in [-0.2, -0.15) is 5.10 Å². The molecule has 2 amide bonds. The number of ether oxygens (including phenoxy) is 1. The topological polar surface area (TPSA) is 78.5 Å². The number of aromatic amines is 1. The molecule has 0 atom stereocenters. The lowest BCUT2D eigenvalue weighted by atomic mass is 9.95. The van der Waals surface area contributed by atoms with Crippen molar-refractivity contribution in [3.05, 3.63) is 82.7 Å². The zero-order valence-corrected chi connectivity index (χ0v) is 18.6. The van der Waals surface area contributed by atoms with Gasteiger partial charge in [-0.3, -0.25) is 14.7 Å². The Morgan fingerprint density at radius 2 is 1.52 bits per heavy atom. The summed E-state index contributed by atoms with van der Waals surface area (Å²) in [6, 6.07) is 17.2. The van der Waals surface area contributed by atoms with Gasteiger partial charge in [0.15, 0.2) is 5.69 Å². The van der Waals surface area contributed by atoms with Crippen molar-refractivity contribution in [3.63, 3.8) is 0 Å². The number of H-pyrrole nitrogens is 1. The molecule has 170 valence electrons. The quantitative estimate of drug-likeness (QED) is 0.654. The summed E-state index contributed by atoms with van der Waals surface area (Å²) in [4.78, 5) is 29.6. The number of aryl methyl sites for hydroxylation is 1. The third kappa shape index (κ3) is 4.62. The van der Waals surface area contributed by atoms with E-state index in [1.807, 2.05) is 52.3 Å². The van der Waals surface area contributed by atoms with E-state index in [0.717, 1.165) is 48.3 Å². The van der Waals surface area contributed by atoms with Gasteiger partial charge in [0.05, 0.1) is 0 Å². The molecular weight excluding hydrogens is 416 g/mol. The molecule has 1 saturated heterocycles. The second-order valence-electron chi connectivity index (χ2n) is 8.62. The van der Waals surface area contributed by atoms with Crippen LogP contribution in [0.1, 0.15) is 50.5 Å². The summed E-state index contributed by atoms with van der Waals surface area (Å²) in [5, 5.41) is 7.35. The first-order valence-electron chi connectivity index (χ1n) is 11.6. The SMILES string of the molecule is O=C(c1ccc(OCc2ccccc2)cc1)N1CCN(C(=O)c2n[nH]c3c2CCCC3)CC1. The Balaban J connectivity index is 1.15. The summed E-state index contributed by atoms with van der Waals surface area (Å²) in [6.45, 7) is 2.56. The van der Waals surface area contributed by atoms with Gasteiger partial charge in [-0.05, 0) is 55.5 Å². The van der Waals surface area contributed by atoms with Crippen LogP contribution in [-0.2, 0) is 19.4 Å². The van der Waals surface area contributed by atoms with Gasteiger partial charge in [0.1, 0.15) is 12.4 Å². The average molecular weight is 445 g/mol. The van der Waals surface area contributed by atoms with Crippen LogP contribution in [0.2, 0.25) is 0 Å². The van der Waals surface area contributed by atoms with Gasteiger partial charge in [-0.25, -0.2) is 0 Å². The van der Waals surface area contributed by atoms with Crippen molar-refractivity contribution in [2.24, 2.45) is 0 Å². The molecule has 1 aromatic heterocycles. The fourth-order valence-electron chi connectivity index (χ4n) is 4.54. The largest absolute Gasteiger partial charge is 0.489 e. The summed E-state index contributed by atoms with van der Waals surface area (Å²) >= 11 is 0. The number of piperazine rings is 1. The second kappa shape index (κ2) is 9.48. The van der Waals surface area contributed by atoms with E-state index in [1.54, 1.807) is 12.1 Å². The Hall–Kier alpha value is -3.61. The first-order valence-corrected chi connectivity index (χ1v) is 11.6. The first kappa shape index (κ1) is 21.2. The van der Waals surface area contributed by atoms with Crippen LogP contribution < -0.4 is 4.74 Å². The minimum atomic E-state index is -0.0265. The Labute approximate surface area is 193 Å². The summed E-state index contributed by atoms with van der Waals surface area (Å²) in [5.74, 6) is 0.684. The highest BCUT2D eigenvalue weighted by Gasteiger charge is 2.29. The molecule has 33 heavy (non-hydrogen) atoms. The Morgan fingerprint density at radius 3 is 2.24 bits per heavy atom. The van der Waals surface area contributed by atoms with Crippen molar-refractivity contribution in [2.45, 2.75) is 32.3 Å². The molecule has 2 heterocycles. The van der Waals surface area contributed by atoms with E-state index in [-0.39, 0.29) is 11.8 Å². The van der Waals surface area contributed by atoms with Gasteiger partial charge in [0, 0.05) is 43.0 Å². The van der Waals surface area contributed by atoms with Gasteiger partial charge in [-0.15, -0.1) is 0 Å². The second-order valence-corrected chi connectivity index (χ2v) is 8.62. The van der Waals surface area contributed by atoms with E-state index < -0.39 is 0 Å². The molecule has 5 rings (SSSR count). The van der Waals surface area contributed by atoms with E-state index in [0.29, 0.717) is 44.0 Å². The summed E-state index contributed by atoms with van der Waals surface area (Å²) < 4.78 is 5.81. The molecule has 7 nitrogen and oxygen atoms in total. The van der Waals surface area contributed by atoms with Gasteiger partial charge in [-0.1, -0.05) is 30.3 Å². The molecule has 0 bridgehead atoms. The zero-order valence-electron chi connectivity index (χ0n) is 18.6. The van der Waals surface area contributed by atoms with Crippen LogP contribution in [-0.4, -0.2) is 58.0 Å². The molecule has 1 aliphatic heterocycles.